The number of nitrogens with zero attached hydrogens (tertiary/aromatic N) is 4. The summed E-state index contributed by atoms with van der Waals surface area (Å²) in [5, 5.41) is 3.78. The van der Waals surface area contributed by atoms with Crippen LogP contribution in [0.15, 0.2) is 35.4 Å². The van der Waals surface area contributed by atoms with Gasteiger partial charge in [0, 0.05) is 17.5 Å². The Morgan fingerprint density at radius 3 is 2.56 bits per heavy atom. The molecule has 0 aliphatic carbocycles. The van der Waals surface area contributed by atoms with Crippen molar-refractivity contribution < 1.29 is 0 Å². The predicted molar refractivity (Wildman–Crippen MR) is 63.9 cm³/mol. The fourth-order valence-electron chi connectivity index (χ4n) is 2.11. The average molecular weight is 216 g/mol. The van der Waals surface area contributed by atoms with Gasteiger partial charge in [-0.05, 0) is 37.0 Å². The van der Waals surface area contributed by atoms with Crippen molar-refractivity contribution in [1.29, 1.82) is 0 Å². The molecule has 0 amide bonds. The van der Waals surface area contributed by atoms with Crippen molar-refractivity contribution in [2.24, 2.45) is 5.11 Å². The van der Waals surface area contributed by atoms with Crippen LogP contribution in [0.4, 0.5) is 0 Å². The summed E-state index contributed by atoms with van der Waals surface area (Å²) in [5.41, 5.74) is 9.72. The zero-order valence-corrected chi connectivity index (χ0v) is 9.29. The van der Waals surface area contributed by atoms with Crippen LogP contribution in [0, 0.1) is 0 Å². The molecule has 1 saturated heterocycles. The Hall–Kier alpha value is -1.51. The number of hydrogen-bond acceptors (Lipinski definition) is 2. The lowest BCUT2D eigenvalue weighted by Gasteiger charge is -2.29. The molecule has 84 valence electrons. The highest BCUT2D eigenvalue weighted by molar-refractivity contribution is 5.14. The number of rotatable bonds is 3. The summed E-state index contributed by atoms with van der Waals surface area (Å²) in [7, 11) is 0. The number of benzene rings is 1. The maximum Gasteiger partial charge on any atom is 0.0398 e. The van der Waals surface area contributed by atoms with E-state index in [0.717, 1.165) is 32.5 Å². The standard InChI is InChI=1S/C12H16N4/c13-15-14-12-6-8-16(9-7-12)10-11-4-2-1-3-5-11/h1-5,12H,6-10H2. The molecule has 0 unspecified atom stereocenters. The Labute approximate surface area is 95.5 Å². The molecule has 1 aliphatic rings. The fourth-order valence-corrected chi connectivity index (χ4v) is 2.11. The highest BCUT2D eigenvalue weighted by atomic mass is 15.2. The van der Waals surface area contributed by atoms with Gasteiger partial charge in [0.2, 0.25) is 0 Å². The first-order valence-electron chi connectivity index (χ1n) is 5.69. The molecule has 0 radical (unpaired) electrons. The lowest BCUT2D eigenvalue weighted by molar-refractivity contribution is 0.205. The van der Waals surface area contributed by atoms with Crippen molar-refractivity contribution in [1.82, 2.24) is 4.90 Å². The normalized spacial score (nSPS) is 18.0. The topological polar surface area (TPSA) is 52.0 Å². The van der Waals surface area contributed by atoms with Gasteiger partial charge < -0.3 is 0 Å². The molecule has 16 heavy (non-hydrogen) atoms. The summed E-state index contributed by atoms with van der Waals surface area (Å²) < 4.78 is 0. The van der Waals surface area contributed by atoms with Crippen LogP contribution in [0.2, 0.25) is 0 Å². The van der Waals surface area contributed by atoms with Crippen LogP contribution in [0.3, 0.4) is 0 Å². The van der Waals surface area contributed by atoms with Crippen LogP contribution in [0.25, 0.3) is 10.4 Å². The van der Waals surface area contributed by atoms with Gasteiger partial charge in [0.05, 0.1) is 0 Å². The molecule has 4 nitrogen and oxygen atoms in total. The largest absolute Gasteiger partial charge is 0.299 e. The van der Waals surface area contributed by atoms with E-state index in [1.54, 1.807) is 0 Å². The molecule has 1 aromatic rings. The fraction of sp³-hybridized carbons (Fsp3) is 0.500. The smallest absolute Gasteiger partial charge is 0.0398 e. The van der Waals surface area contributed by atoms with E-state index in [0.29, 0.717) is 0 Å². The van der Waals surface area contributed by atoms with Crippen molar-refractivity contribution in [2.45, 2.75) is 25.4 Å². The molecule has 0 bridgehead atoms. The third-order valence-electron chi connectivity index (χ3n) is 3.02. The molecule has 0 spiro atoms. The van der Waals surface area contributed by atoms with Crippen molar-refractivity contribution in [3.63, 3.8) is 0 Å². The van der Waals surface area contributed by atoms with Crippen molar-refractivity contribution >= 4 is 0 Å². The minimum Gasteiger partial charge on any atom is -0.299 e. The number of hydrogen-bond donors (Lipinski definition) is 0. The van der Waals surface area contributed by atoms with E-state index in [2.05, 4.69) is 39.2 Å². The number of azide groups is 1. The minimum absolute atomic E-state index is 0.206. The van der Waals surface area contributed by atoms with Crippen LogP contribution in [0.5, 0.6) is 0 Å². The van der Waals surface area contributed by atoms with Crippen LogP contribution in [-0.2, 0) is 6.54 Å². The van der Waals surface area contributed by atoms with Gasteiger partial charge in [0.15, 0.2) is 0 Å². The van der Waals surface area contributed by atoms with Crippen LogP contribution in [0.1, 0.15) is 18.4 Å². The lowest BCUT2D eigenvalue weighted by atomic mass is 10.1. The Kier molecular flexibility index (Phi) is 3.81. The van der Waals surface area contributed by atoms with Gasteiger partial charge in [-0.2, -0.15) is 0 Å². The summed E-state index contributed by atoms with van der Waals surface area (Å²) in [4.78, 5) is 5.29. The Morgan fingerprint density at radius 1 is 1.25 bits per heavy atom. The SMILES string of the molecule is [N-]=[N+]=NC1CCN(Cc2ccccc2)CC1. The van der Waals surface area contributed by atoms with Gasteiger partial charge in [-0.1, -0.05) is 35.4 Å². The molecule has 0 saturated carbocycles. The van der Waals surface area contributed by atoms with E-state index in [9.17, 15) is 0 Å². The zero-order chi connectivity index (χ0) is 11.2. The van der Waals surface area contributed by atoms with E-state index in [-0.39, 0.29) is 6.04 Å². The van der Waals surface area contributed by atoms with Crippen molar-refractivity contribution in [3.05, 3.63) is 46.3 Å². The zero-order valence-electron chi connectivity index (χ0n) is 9.29. The maximum absolute atomic E-state index is 8.36. The summed E-state index contributed by atoms with van der Waals surface area (Å²) in [6.07, 6.45) is 1.97. The molecule has 2 rings (SSSR count). The van der Waals surface area contributed by atoms with E-state index < -0.39 is 0 Å². The van der Waals surface area contributed by atoms with Crippen molar-refractivity contribution in [2.75, 3.05) is 13.1 Å². The summed E-state index contributed by atoms with van der Waals surface area (Å²) >= 11 is 0. The van der Waals surface area contributed by atoms with Gasteiger partial charge in [-0.3, -0.25) is 4.90 Å². The first-order valence-corrected chi connectivity index (χ1v) is 5.69. The number of likely N-dealkylation sites (tertiary alicyclic amines) is 1. The van der Waals surface area contributed by atoms with E-state index in [1.807, 2.05) is 6.07 Å². The van der Waals surface area contributed by atoms with E-state index >= 15 is 0 Å². The average Bonchev–Trinajstić information content (AvgIpc) is 2.33. The third-order valence-corrected chi connectivity index (χ3v) is 3.02. The molecule has 1 heterocycles. The first kappa shape index (κ1) is 11.0. The maximum atomic E-state index is 8.36. The Morgan fingerprint density at radius 2 is 1.94 bits per heavy atom. The third kappa shape index (κ3) is 2.99. The van der Waals surface area contributed by atoms with Crippen LogP contribution < -0.4 is 0 Å². The minimum atomic E-state index is 0.206. The van der Waals surface area contributed by atoms with Crippen molar-refractivity contribution in [3.8, 4) is 0 Å². The molecule has 1 aromatic carbocycles. The summed E-state index contributed by atoms with van der Waals surface area (Å²) in [5.74, 6) is 0. The predicted octanol–water partition coefficient (Wildman–Crippen LogP) is 2.96. The van der Waals surface area contributed by atoms with Gasteiger partial charge in [-0.25, -0.2) is 0 Å². The highest BCUT2D eigenvalue weighted by Crippen LogP contribution is 2.16. The number of piperidine rings is 1. The van der Waals surface area contributed by atoms with Crippen LogP contribution in [-0.4, -0.2) is 24.0 Å². The molecule has 0 aromatic heterocycles. The lowest BCUT2D eigenvalue weighted by Crippen LogP contribution is -2.34. The van der Waals surface area contributed by atoms with Crippen LogP contribution >= 0.6 is 0 Å². The highest BCUT2D eigenvalue weighted by Gasteiger charge is 2.17. The molecule has 4 heteroatoms. The molecule has 0 atom stereocenters. The second kappa shape index (κ2) is 5.54. The summed E-state index contributed by atoms with van der Waals surface area (Å²) in [6, 6.07) is 10.7. The van der Waals surface area contributed by atoms with Gasteiger partial charge >= 0.3 is 0 Å². The van der Waals surface area contributed by atoms with Gasteiger partial charge in [0.1, 0.15) is 0 Å². The van der Waals surface area contributed by atoms with Gasteiger partial charge in [-0.15, -0.1) is 0 Å². The molecular formula is C12H16N4. The molecule has 1 aliphatic heterocycles. The first-order chi connectivity index (χ1) is 7.88. The molecule has 0 N–H and O–H groups in total. The van der Waals surface area contributed by atoms with Gasteiger partial charge in [0.25, 0.3) is 0 Å². The van der Waals surface area contributed by atoms with E-state index in [1.165, 1.54) is 5.56 Å². The monoisotopic (exact) mass is 216 g/mol. The van der Waals surface area contributed by atoms with E-state index in [4.69, 9.17) is 5.53 Å². The Bertz CT molecular complexity index is 362. The summed E-state index contributed by atoms with van der Waals surface area (Å²) in [6.45, 7) is 3.06. The molecular weight excluding hydrogens is 200 g/mol. The second-order valence-electron chi connectivity index (χ2n) is 4.20. The quantitative estimate of drug-likeness (QED) is 0.435. The Balaban J connectivity index is 1.84. The second-order valence-corrected chi connectivity index (χ2v) is 4.20. The molecule has 1 fully saturated rings.